The van der Waals surface area contributed by atoms with Gasteiger partial charge in [-0.15, -0.1) is 0 Å². The van der Waals surface area contributed by atoms with Crippen molar-refractivity contribution in [3.63, 3.8) is 0 Å². The largest absolute Gasteiger partial charge is 0.453 e. The molecule has 0 fully saturated rings. The van der Waals surface area contributed by atoms with Crippen molar-refractivity contribution in [1.29, 1.82) is 0 Å². The monoisotopic (exact) mass is 255 g/mol. The second kappa shape index (κ2) is 9.15. The number of amides is 1. The molecule has 5 nitrogen and oxygen atoms in total. The Bertz CT molecular complexity index is 346. The molecular weight excluding hydrogens is 234 g/mol. The Balaban J connectivity index is 0. The van der Waals surface area contributed by atoms with Crippen LogP contribution in [0.2, 0.25) is 0 Å². The van der Waals surface area contributed by atoms with Crippen molar-refractivity contribution in [2.75, 3.05) is 20.7 Å². The minimum absolute atomic E-state index is 0.0159. The Morgan fingerprint density at radius 1 is 1.06 bits per heavy atom. The first-order valence-corrected chi connectivity index (χ1v) is 5.27. The summed E-state index contributed by atoms with van der Waals surface area (Å²) in [5, 5.41) is 0. The van der Waals surface area contributed by atoms with Crippen LogP contribution in [0.25, 0.3) is 0 Å². The van der Waals surface area contributed by atoms with Gasteiger partial charge in [0.25, 0.3) is 0 Å². The smallest absolute Gasteiger partial charge is 0.409 e. The fraction of sp³-hybridized carbons (Fsp3) is 0.462. The van der Waals surface area contributed by atoms with E-state index in [0.29, 0.717) is 11.1 Å². The molecule has 0 atom stereocenters. The highest BCUT2D eigenvalue weighted by Gasteiger charge is 2.12. The first-order chi connectivity index (χ1) is 8.13. The van der Waals surface area contributed by atoms with Gasteiger partial charge in [-0.25, -0.2) is 4.79 Å². The van der Waals surface area contributed by atoms with Crippen LogP contribution in [0.1, 0.15) is 20.8 Å². The average Bonchev–Trinajstić information content (AvgIpc) is 2.28. The SMILES string of the molecule is C=C(C)C(=O)CN(C)C(=O)OC.C=C(C)C(C)=O. The van der Waals surface area contributed by atoms with E-state index in [0.717, 1.165) is 0 Å². The molecule has 0 aliphatic carbocycles. The molecule has 0 saturated heterocycles. The number of hydrogen-bond acceptors (Lipinski definition) is 4. The minimum Gasteiger partial charge on any atom is -0.453 e. The normalized spacial score (nSPS) is 8.50. The van der Waals surface area contributed by atoms with Crippen molar-refractivity contribution in [3.05, 3.63) is 24.3 Å². The molecule has 0 spiro atoms. The lowest BCUT2D eigenvalue weighted by Gasteiger charge is -2.13. The Kier molecular flexibility index (Phi) is 9.39. The van der Waals surface area contributed by atoms with E-state index in [4.69, 9.17) is 0 Å². The van der Waals surface area contributed by atoms with Crippen molar-refractivity contribution < 1.29 is 19.1 Å². The predicted molar refractivity (Wildman–Crippen MR) is 70.4 cm³/mol. The molecule has 18 heavy (non-hydrogen) atoms. The maximum Gasteiger partial charge on any atom is 0.409 e. The highest BCUT2D eigenvalue weighted by atomic mass is 16.5. The fourth-order valence-corrected chi connectivity index (χ4v) is 0.571. The number of Topliss-reactive ketones (excluding diaryl/α,β-unsaturated/α-hetero) is 2. The lowest BCUT2D eigenvalue weighted by molar-refractivity contribution is -0.116. The molecule has 0 N–H and O–H groups in total. The van der Waals surface area contributed by atoms with Gasteiger partial charge in [-0.1, -0.05) is 13.2 Å². The molecule has 0 radical (unpaired) electrons. The van der Waals surface area contributed by atoms with Crippen LogP contribution in [-0.4, -0.2) is 43.3 Å². The molecule has 0 saturated carbocycles. The highest BCUT2D eigenvalue weighted by Crippen LogP contribution is 1.94. The second-order valence-electron chi connectivity index (χ2n) is 3.87. The summed E-state index contributed by atoms with van der Waals surface area (Å²) in [5.74, 6) is -0.0992. The number of carbonyl (C=O) groups is 3. The van der Waals surface area contributed by atoms with E-state index in [2.05, 4.69) is 17.9 Å². The molecule has 1 amide bonds. The summed E-state index contributed by atoms with van der Waals surface area (Å²) >= 11 is 0. The van der Waals surface area contributed by atoms with Gasteiger partial charge in [0.1, 0.15) is 0 Å². The number of allylic oxidation sites excluding steroid dienone is 1. The molecule has 0 aromatic carbocycles. The summed E-state index contributed by atoms with van der Waals surface area (Å²) in [6.45, 7) is 11.7. The van der Waals surface area contributed by atoms with Crippen LogP contribution >= 0.6 is 0 Å². The standard InChI is InChI=1S/C8H13NO3.C5H8O/c1-6(2)7(10)5-9(3)8(11)12-4;1-4(2)5(3)6/h1,5H2,2-4H3;1H2,2-3H3. The first kappa shape index (κ1) is 18.5. The number of ketones is 2. The minimum atomic E-state index is -0.524. The topological polar surface area (TPSA) is 63.7 Å². The zero-order valence-electron chi connectivity index (χ0n) is 11.7. The van der Waals surface area contributed by atoms with Crippen LogP contribution < -0.4 is 0 Å². The van der Waals surface area contributed by atoms with E-state index < -0.39 is 6.09 Å². The summed E-state index contributed by atoms with van der Waals surface area (Å²) in [4.78, 5) is 33.1. The van der Waals surface area contributed by atoms with Gasteiger partial charge in [0.15, 0.2) is 11.6 Å². The summed E-state index contributed by atoms with van der Waals surface area (Å²) in [5.41, 5.74) is 1.06. The molecular formula is C13H21NO4. The molecule has 0 heterocycles. The zero-order valence-corrected chi connectivity index (χ0v) is 11.7. The molecule has 0 bridgehead atoms. The van der Waals surface area contributed by atoms with E-state index in [1.165, 1.54) is 26.0 Å². The maximum atomic E-state index is 11.0. The van der Waals surface area contributed by atoms with E-state index in [-0.39, 0.29) is 18.1 Å². The van der Waals surface area contributed by atoms with Crippen LogP contribution in [0, 0.1) is 0 Å². The van der Waals surface area contributed by atoms with Gasteiger partial charge in [-0.05, 0) is 31.9 Å². The van der Waals surface area contributed by atoms with Crippen LogP contribution in [-0.2, 0) is 14.3 Å². The van der Waals surface area contributed by atoms with Crippen molar-refractivity contribution in [2.45, 2.75) is 20.8 Å². The van der Waals surface area contributed by atoms with Crippen LogP contribution in [0.15, 0.2) is 24.3 Å². The van der Waals surface area contributed by atoms with Gasteiger partial charge in [-0.3, -0.25) is 9.59 Å². The molecule has 0 aromatic rings. The van der Waals surface area contributed by atoms with E-state index in [9.17, 15) is 14.4 Å². The third-order valence-corrected chi connectivity index (χ3v) is 1.94. The van der Waals surface area contributed by atoms with Gasteiger partial charge in [-0.2, -0.15) is 0 Å². The Hall–Kier alpha value is -1.91. The Morgan fingerprint density at radius 2 is 1.44 bits per heavy atom. The van der Waals surface area contributed by atoms with Crippen molar-refractivity contribution >= 4 is 17.7 Å². The molecule has 0 aliphatic rings. The van der Waals surface area contributed by atoms with Gasteiger partial charge in [0, 0.05) is 7.05 Å². The summed E-state index contributed by atoms with van der Waals surface area (Å²) in [6.07, 6.45) is -0.524. The number of rotatable bonds is 4. The first-order valence-electron chi connectivity index (χ1n) is 5.27. The van der Waals surface area contributed by atoms with Crippen LogP contribution in [0.5, 0.6) is 0 Å². The maximum absolute atomic E-state index is 11.0. The average molecular weight is 255 g/mol. The van der Waals surface area contributed by atoms with Crippen LogP contribution in [0.4, 0.5) is 4.79 Å². The molecule has 0 unspecified atom stereocenters. The zero-order chi connectivity index (χ0) is 14.9. The van der Waals surface area contributed by atoms with E-state index in [1.54, 1.807) is 13.8 Å². The quantitative estimate of drug-likeness (QED) is 0.720. The number of ether oxygens (including phenoxy) is 1. The Labute approximate surface area is 108 Å². The van der Waals surface area contributed by atoms with Crippen LogP contribution in [0.3, 0.4) is 0 Å². The number of methoxy groups -OCH3 is 1. The third kappa shape index (κ3) is 9.33. The van der Waals surface area contributed by atoms with Gasteiger partial charge >= 0.3 is 6.09 Å². The van der Waals surface area contributed by atoms with Crippen molar-refractivity contribution in [1.82, 2.24) is 4.90 Å². The summed E-state index contributed by atoms with van der Waals surface area (Å²) in [6, 6.07) is 0. The van der Waals surface area contributed by atoms with Crippen molar-refractivity contribution in [2.24, 2.45) is 0 Å². The van der Waals surface area contributed by atoms with Crippen molar-refractivity contribution in [3.8, 4) is 0 Å². The van der Waals surface area contributed by atoms with Gasteiger partial charge < -0.3 is 9.64 Å². The number of carbonyl (C=O) groups excluding carboxylic acids is 3. The molecule has 0 aliphatic heterocycles. The number of nitrogens with zero attached hydrogens (tertiary/aromatic N) is 1. The predicted octanol–water partition coefficient (Wildman–Crippen LogP) is 1.98. The van der Waals surface area contributed by atoms with E-state index in [1.807, 2.05) is 0 Å². The molecule has 0 rings (SSSR count). The van der Waals surface area contributed by atoms with Gasteiger partial charge in [0.2, 0.25) is 0 Å². The summed E-state index contributed by atoms with van der Waals surface area (Å²) < 4.78 is 4.40. The number of likely N-dealkylation sites (N-methyl/N-ethyl adjacent to an activating group) is 1. The fourth-order valence-electron chi connectivity index (χ4n) is 0.571. The van der Waals surface area contributed by atoms with Gasteiger partial charge in [0.05, 0.1) is 13.7 Å². The summed E-state index contributed by atoms with van der Waals surface area (Å²) in [7, 11) is 2.76. The Morgan fingerprint density at radius 3 is 1.67 bits per heavy atom. The molecule has 5 heteroatoms. The number of hydrogen-bond donors (Lipinski definition) is 0. The van der Waals surface area contributed by atoms with E-state index >= 15 is 0 Å². The second-order valence-corrected chi connectivity index (χ2v) is 3.87. The third-order valence-electron chi connectivity index (χ3n) is 1.94. The lowest BCUT2D eigenvalue weighted by atomic mass is 10.2. The molecule has 102 valence electrons. The molecule has 0 aromatic heterocycles. The lowest BCUT2D eigenvalue weighted by Crippen LogP contribution is -2.32. The highest BCUT2D eigenvalue weighted by molar-refractivity contribution is 5.97.